The lowest BCUT2D eigenvalue weighted by atomic mass is 10.1. The van der Waals surface area contributed by atoms with Crippen LogP contribution in [0.3, 0.4) is 0 Å². The first-order chi connectivity index (χ1) is 11.7. The number of anilines is 1. The van der Waals surface area contributed by atoms with Crippen molar-refractivity contribution in [1.29, 1.82) is 0 Å². The fraction of sp³-hybridized carbons (Fsp3) is 0.389. The molecule has 1 aromatic carbocycles. The van der Waals surface area contributed by atoms with Gasteiger partial charge in [-0.2, -0.15) is 0 Å². The van der Waals surface area contributed by atoms with Crippen molar-refractivity contribution in [1.82, 2.24) is 9.97 Å². The summed E-state index contributed by atoms with van der Waals surface area (Å²) < 4.78 is 10.1. The Morgan fingerprint density at radius 3 is 2.56 bits per heavy atom. The third kappa shape index (κ3) is 3.81. The van der Waals surface area contributed by atoms with Crippen LogP contribution in [0, 0.1) is 5.92 Å². The maximum Gasteiger partial charge on any atom is 0.350 e. The molecule has 0 radical (unpaired) electrons. The molecule has 1 aliphatic heterocycles. The average Bonchev–Trinajstić information content (AvgIpc) is 2.85. The summed E-state index contributed by atoms with van der Waals surface area (Å²) in [5.41, 5.74) is 2.29. The average molecular weight is 343 g/mol. The van der Waals surface area contributed by atoms with E-state index in [1.807, 2.05) is 18.2 Å². The highest BCUT2D eigenvalue weighted by Crippen LogP contribution is 2.23. The number of carbonyl (C=O) groups excluding carboxylic acids is 2. The van der Waals surface area contributed by atoms with Crippen LogP contribution in [0.2, 0.25) is 0 Å². The van der Waals surface area contributed by atoms with Crippen molar-refractivity contribution in [2.75, 3.05) is 5.32 Å². The van der Waals surface area contributed by atoms with Gasteiger partial charge in [0, 0.05) is 32.2 Å². The number of cyclic esters (lactones) is 2. The van der Waals surface area contributed by atoms with Gasteiger partial charge >= 0.3 is 11.9 Å². The Morgan fingerprint density at radius 1 is 1.24 bits per heavy atom. The summed E-state index contributed by atoms with van der Waals surface area (Å²) in [6.07, 6.45) is 2.17. The lowest BCUT2D eigenvalue weighted by Gasteiger charge is -2.29. The molecule has 7 nitrogen and oxygen atoms in total. The van der Waals surface area contributed by atoms with Gasteiger partial charge < -0.3 is 19.8 Å². The van der Waals surface area contributed by atoms with Gasteiger partial charge in [0.15, 0.2) is 5.57 Å². The second-order valence-electron chi connectivity index (χ2n) is 6.89. The molecule has 0 unspecified atom stereocenters. The topological polar surface area (TPSA) is 93.3 Å². The van der Waals surface area contributed by atoms with Gasteiger partial charge in [-0.25, -0.2) is 14.6 Å². The predicted octanol–water partition coefficient (Wildman–Crippen LogP) is 2.89. The number of nitrogens with one attached hydrogen (secondary N) is 2. The maximum atomic E-state index is 11.9. The van der Waals surface area contributed by atoms with Crippen molar-refractivity contribution < 1.29 is 19.1 Å². The number of ether oxygens (including phenoxy) is 2. The molecule has 25 heavy (non-hydrogen) atoms. The predicted molar refractivity (Wildman–Crippen MR) is 92.6 cm³/mol. The molecule has 2 aromatic rings. The highest BCUT2D eigenvalue weighted by atomic mass is 16.7. The highest BCUT2D eigenvalue weighted by molar-refractivity contribution is 6.15. The second kappa shape index (κ2) is 6.23. The van der Waals surface area contributed by atoms with E-state index >= 15 is 0 Å². The van der Waals surface area contributed by atoms with E-state index in [0.717, 1.165) is 23.3 Å². The summed E-state index contributed by atoms with van der Waals surface area (Å²) in [6, 6.07) is 5.56. The van der Waals surface area contributed by atoms with Crippen LogP contribution < -0.4 is 5.32 Å². The lowest BCUT2D eigenvalue weighted by Crippen LogP contribution is -2.42. The summed E-state index contributed by atoms with van der Waals surface area (Å²) >= 11 is 0. The molecule has 0 aliphatic carbocycles. The van der Waals surface area contributed by atoms with E-state index in [1.165, 1.54) is 20.0 Å². The molecular formula is C18H21N3O4. The van der Waals surface area contributed by atoms with Crippen LogP contribution in [0.15, 0.2) is 30.0 Å². The van der Waals surface area contributed by atoms with E-state index in [2.05, 4.69) is 29.1 Å². The Kier molecular flexibility index (Phi) is 4.24. The summed E-state index contributed by atoms with van der Waals surface area (Å²) in [4.78, 5) is 31.6. The van der Waals surface area contributed by atoms with Crippen LogP contribution >= 0.6 is 0 Å². The van der Waals surface area contributed by atoms with Crippen LogP contribution in [-0.2, 0) is 25.5 Å². The Morgan fingerprint density at radius 2 is 1.92 bits per heavy atom. The molecule has 0 spiro atoms. The van der Waals surface area contributed by atoms with Crippen LogP contribution in [0.1, 0.15) is 33.5 Å². The summed E-state index contributed by atoms with van der Waals surface area (Å²) in [6.45, 7) is 7.29. The number of carbonyl (C=O) groups is 2. The van der Waals surface area contributed by atoms with Gasteiger partial charge in [0.05, 0.1) is 11.0 Å². The van der Waals surface area contributed by atoms with E-state index in [0.29, 0.717) is 11.6 Å². The maximum absolute atomic E-state index is 11.9. The third-order valence-electron chi connectivity index (χ3n) is 3.63. The van der Waals surface area contributed by atoms with Crippen molar-refractivity contribution in [2.45, 2.75) is 39.9 Å². The van der Waals surface area contributed by atoms with Gasteiger partial charge in [0.2, 0.25) is 0 Å². The third-order valence-corrected chi connectivity index (χ3v) is 3.63. The molecule has 0 bridgehead atoms. The van der Waals surface area contributed by atoms with E-state index < -0.39 is 17.7 Å². The number of H-pyrrole nitrogens is 1. The number of rotatable bonds is 4. The number of nitrogens with zero attached hydrogens (tertiary/aromatic N) is 1. The minimum Gasteiger partial charge on any atom is -0.419 e. The van der Waals surface area contributed by atoms with Crippen molar-refractivity contribution in [3.05, 3.63) is 35.8 Å². The molecule has 2 heterocycles. The van der Waals surface area contributed by atoms with Gasteiger partial charge in [-0.05, 0) is 24.1 Å². The molecule has 1 aliphatic rings. The molecule has 1 fully saturated rings. The van der Waals surface area contributed by atoms with Gasteiger partial charge in [-0.3, -0.25) is 0 Å². The van der Waals surface area contributed by atoms with Crippen molar-refractivity contribution >= 4 is 28.7 Å². The van der Waals surface area contributed by atoms with E-state index in [9.17, 15) is 9.59 Å². The van der Waals surface area contributed by atoms with Crippen molar-refractivity contribution in [2.24, 2.45) is 5.92 Å². The number of esters is 2. The number of benzene rings is 1. The molecule has 2 N–H and O–H groups in total. The summed E-state index contributed by atoms with van der Waals surface area (Å²) in [5.74, 6) is -1.23. The summed E-state index contributed by atoms with van der Waals surface area (Å²) in [5, 5.41) is 2.93. The van der Waals surface area contributed by atoms with E-state index in [4.69, 9.17) is 9.47 Å². The molecule has 1 saturated heterocycles. The number of fused-ring (bicyclic) bond motifs is 1. The minimum absolute atomic E-state index is 0.176. The fourth-order valence-corrected chi connectivity index (χ4v) is 2.57. The molecule has 7 heteroatoms. The van der Waals surface area contributed by atoms with Crippen LogP contribution in [0.4, 0.5) is 5.69 Å². The zero-order valence-corrected chi connectivity index (χ0v) is 14.7. The monoisotopic (exact) mass is 343 g/mol. The van der Waals surface area contributed by atoms with Crippen LogP contribution in [0.5, 0.6) is 0 Å². The zero-order chi connectivity index (χ0) is 18.2. The molecule has 0 atom stereocenters. The Hall–Kier alpha value is -2.83. The van der Waals surface area contributed by atoms with Crippen molar-refractivity contribution in [3.63, 3.8) is 0 Å². The molecule has 3 rings (SSSR count). The van der Waals surface area contributed by atoms with Crippen LogP contribution in [-0.4, -0.2) is 27.7 Å². The Bertz CT molecular complexity index is 842. The normalized spacial score (nSPS) is 16.8. The van der Waals surface area contributed by atoms with Crippen LogP contribution in [0.25, 0.3) is 11.0 Å². The van der Waals surface area contributed by atoms with Gasteiger partial charge in [-0.15, -0.1) is 0 Å². The number of aromatic amines is 1. The Balaban J connectivity index is 1.78. The zero-order valence-electron chi connectivity index (χ0n) is 14.7. The minimum atomic E-state index is -1.24. The highest BCUT2D eigenvalue weighted by Gasteiger charge is 2.38. The number of imidazole rings is 1. The fourth-order valence-electron chi connectivity index (χ4n) is 2.57. The molecule has 132 valence electrons. The van der Waals surface area contributed by atoms with Gasteiger partial charge in [0.25, 0.3) is 5.79 Å². The first kappa shape index (κ1) is 17.0. The number of hydrogen-bond acceptors (Lipinski definition) is 6. The molecule has 0 amide bonds. The van der Waals surface area contributed by atoms with Crippen molar-refractivity contribution in [3.8, 4) is 0 Å². The summed E-state index contributed by atoms with van der Waals surface area (Å²) in [7, 11) is 0. The Labute approximate surface area is 145 Å². The lowest BCUT2D eigenvalue weighted by molar-refractivity contribution is -0.222. The first-order valence-electron chi connectivity index (χ1n) is 8.15. The first-order valence-corrected chi connectivity index (χ1v) is 8.15. The quantitative estimate of drug-likeness (QED) is 0.504. The van der Waals surface area contributed by atoms with Gasteiger partial charge in [-0.1, -0.05) is 13.8 Å². The number of aromatic nitrogens is 2. The molecule has 1 aromatic heterocycles. The number of hydrogen-bond donors (Lipinski definition) is 2. The van der Waals surface area contributed by atoms with E-state index in [-0.39, 0.29) is 5.57 Å². The SMILES string of the molecule is CC(C)Cc1nc2ccc(NC=C3C(=O)OC(C)(C)OC3=O)cc2[nH]1. The standard InChI is InChI=1S/C18H21N3O4/c1-10(2)7-15-20-13-6-5-11(8-14(13)21-15)19-9-12-16(22)24-18(3,4)25-17(12)23/h5-6,8-10,19H,7H2,1-4H3,(H,20,21). The van der Waals surface area contributed by atoms with E-state index in [1.54, 1.807) is 0 Å². The smallest absolute Gasteiger partial charge is 0.350 e. The largest absolute Gasteiger partial charge is 0.419 e. The van der Waals surface area contributed by atoms with Gasteiger partial charge in [0.1, 0.15) is 5.82 Å². The second-order valence-corrected chi connectivity index (χ2v) is 6.89. The molecular weight excluding hydrogens is 322 g/mol. The molecule has 0 saturated carbocycles.